The summed E-state index contributed by atoms with van der Waals surface area (Å²) in [5, 5.41) is 2.90. The Morgan fingerprint density at radius 1 is 1.14 bits per heavy atom. The van der Waals surface area contributed by atoms with Gasteiger partial charge in [0.2, 0.25) is 5.91 Å². The average molecular weight is 415 g/mol. The van der Waals surface area contributed by atoms with Gasteiger partial charge in [-0.05, 0) is 48.4 Å². The third-order valence-corrected chi connectivity index (χ3v) is 7.76. The van der Waals surface area contributed by atoms with Gasteiger partial charge in [-0.15, -0.1) is 23.5 Å². The molecule has 0 saturated carbocycles. The molecule has 0 unspecified atom stereocenters. The molecule has 2 aromatic carbocycles. The van der Waals surface area contributed by atoms with Crippen molar-refractivity contribution in [1.29, 1.82) is 0 Å². The van der Waals surface area contributed by atoms with E-state index in [1.54, 1.807) is 17.0 Å². The van der Waals surface area contributed by atoms with E-state index >= 15 is 0 Å². The molecule has 0 radical (unpaired) electrons. The summed E-state index contributed by atoms with van der Waals surface area (Å²) in [6.07, 6.45) is 1.51. The molecule has 146 valence electrons. The molecular formula is C21H22N2O3S2. The van der Waals surface area contributed by atoms with Crippen LogP contribution < -0.4 is 15.0 Å². The van der Waals surface area contributed by atoms with Crippen molar-refractivity contribution in [3.63, 3.8) is 0 Å². The lowest BCUT2D eigenvalue weighted by molar-refractivity contribution is -0.118. The smallest absolute Gasteiger partial charge is 0.262 e. The second kappa shape index (κ2) is 8.92. The third kappa shape index (κ3) is 4.64. The van der Waals surface area contributed by atoms with E-state index in [4.69, 9.17) is 4.74 Å². The standard InChI is InChI=1S/C21H22N2O3S2/c24-19(22-16-4-1-3-15(13-16)21-27-11-12-28-21)14-26-18-8-6-17(7-9-18)23-10-2-5-20(23)25/h1,3-4,6-9,13,21H,2,5,10-12,14H2,(H,22,24). The zero-order valence-corrected chi connectivity index (χ0v) is 17.1. The molecule has 1 N–H and O–H groups in total. The number of carbonyl (C=O) groups is 2. The predicted octanol–water partition coefficient (Wildman–Crippen LogP) is 4.31. The lowest BCUT2D eigenvalue weighted by Crippen LogP contribution is -2.23. The van der Waals surface area contributed by atoms with Crippen LogP contribution in [0.1, 0.15) is 23.0 Å². The van der Waals surface area contributed by atoms with E-state index in [-0.39, 0.29) is 18.4 Å². The van der Waals surface area contributed by atoms with Crippen LogP contribution in [0.2, 0.25) is 0 Å². The first-order valence-electron chi connectivity index (χ1n) is 9.35. The normalized spacial score (nSPS) is 17.1. The maximum absolute atomic E-state index is 12.2. The molecule has 2 fully saturated rings. The molecule has 0 aromatic heterocycles. The Bertz CT molecular complexity index is 851. The van der Waals surface area contributed by atoms with Gasteiger partial charge in [-0.1, -0.05) is 12.1 Å². The quantitative estimate of drug-likeness (QED) is 0.763. The van der Waals surface area contributed by atoms with Crippen molar-refractivity contribution < 1.29 is 14.3 Å². The van der Waals surface area contributed by atoms with Crippen LogP contribution in [0.3, 0.4) is 0 Å². The van der Waals surface area contributed by atoms with E-state index in [1.165, 1.54) is 17.1 Å². The van der Waals surface area contributed by atoms with Gasteiger partial charge in [-0.3, -0.25) is 9.59 Å². The molecule has 4 rings (SSSR count). The highest BCUT2D eigenvalue weighted by Crippen LogP contribution is 2.45. The number of nitrogens with one attached hydrogen (secondary N) is 1. The van der Waals surface area contributed by atoms with Crippen LogP contribution >= 0.6 is 23.5 Å². The van der Waals surface area contributed by atoms with Crippen molar-refractivity contribution in [1.82, 2.24) is 0 Å². The van der Waals surface area contributed by atoms with Crippen molar-refractivity contribution in [3.8, 4) is 5.75 Å². The van der Waals surface area contributed by atoms with Gasteiger partial charge in [0.05, 0.1) is 4.58 Å². The second-order valence-electron chi connectivity index (χ2n) is 6.68. The number of hydrogen-bond acceptors (Lipinski definition) is 5. The number of amides is 2. The second-order valence-corrected chi connectivity index (χ2v) is 9.40. The van der Waals surface area contributed by atoms with Crippen molar-refractivity contribution in [3.05, 3.63) is 54.1 Å². The van der Waals surface area contributed by atoms with Gasteiger partial charge in [-0.25, -0.2) is 0 Å². The zero-order valence-electron chi connectivity index (χ0n) is 15.4. The van der Waals surface area contributed by atoms with Crippen LogP contribution in [0.5, 0.6) is 5.75 Å². The highest BCUT2D eigenvalue weighted by Gasteiger charge is 2.21. The Morgan fingerprint density at radius 2 is 1.93 bits per heavy atom. The monoisotopic (exact) mass is 414 g/mol. The summed E-state index contributed by atoms with van der Waals surface area (Å²) in [5.41, 5.74) is 2.90. The van der Waals surface area contributed by atoms with Crippen LogP contribution in [-0.2, 0) is 9.59 Å². The molecular weight excluding hydrogens is 392 g/mol. The molecule has 7 heteroatoms. The molecule has 2 aromatic rings. The van der Waals surface area contributed by atoms with Crippen molar-refractivity contribution >= 4 is 46.7 Å². The van der Waals surface area contributed by atoms with Crippen LogP contribution in [0.25, 0.3) is 0 Å². The van der Waals surface area contributed by atoms with Crippen LogP contribution in [0, 0.1) is 0 Å². The molecule has 2 aliphatic heterocycles. The molecule has 2 aliphatic rings. The van der Waals surface area contributed by atoms with Crippen molar-refractivity contribution in [2.45, 2.75) is 17.4 Å². The molecule has 0 bridgehead atoms. The fraction of sp³-hybridized carbons (Fsp3) is 0.333. The van der Waals surface area contributed by atoms with Crippen molar-refractivity contribution in [2.75, 3.05) is 34.9 Å². The molecule has 28 heavy (non-hydrogen) atoms. The predicted molar refractivity (Wildman–Crippen MR) is 116 cm³/mol. The Hall–Kier alpha value is -2.12. The SMILES string of the molecule is O=C(COc1ccc(N2CCCC2=O)cc1)Nc1cccc(C2SCCS2)c1. The summed E-state index contributed by atoms with van der Waals surface area (Å²) in [5.74, 6) is 2.92. The van der Waals surface area contributed by atoms with E-state index in [0.29, 0.717) is 16.8 Å². The minimum atomic E-state index is -0.192. The number of thioether (sulfide) groups is 2. The third-order valence-electron chi connectivity index (χ3n) is 4.66. The minimum Gasteiger partial charge on any atom is -0.484 e. The van der Waals surface area contributed by atoms with Gasteiger partial charge in [0.15, 0.2) is 6.61 Å². The summed E-state index contributed by atoms with van der Waals surface area (Å²) in [6.45, 7) is 0.706. The number of rotatable bonds is 6. The average Bonchev–Trinajstić information content (AvgIpc) is 3.39. The Kier molecular flexibility index (Phi) is 6.12. The van der Waals surface area contributed by atoms with Crippen LogP contribution in [0.15, 0.2) is 48.5 Å². The van der Waals surface area contributed by atoms with E-state index in [1.807, 2.05) is 53.9 Å². The molecule has 2 saturated heterocycles. The minimum absolute atomic E-state index is 0.0564. The maximum Gasteiger partial charge on any atom is 0.262 e. The highest BCUT2D eigenvalue weighted by atomic mass is 32.2. The first-order valence-corrected chi connectivity index (χ1v) is 11.4. The summed E-state index contributed by atoms with van der Waals surface area (Å²) < 4.78 is 6.04. The summed E-state index contributed by atoms with van der Waals surface area (Å²) >= 11 is 3.88. The Morgan fingerprint density at radius 3 is 2.64 bits per heavy atom. The Labute approximate surface area is 173 Å². The van der Waals surface area contributed by atoms with Crippen molar-refractivity contribution in [2.24, 2.45) is 0 Å². The summed E-state index contributed by atoms with van der Waals surface area (Å²) in [7, 11) is 0. The van der Waals surface area contributed by atoms with Gasteiger partial charge in [0, 0.05) is 35.8 Å². The number of nitrogens with zero attached hydrogens (tertiary/aromatic N) is 1. The molecule has 0 atom stereocenters. The van der Waals surface area contributed by atoms with Gasteiger partial charge >= 0.3 is 0 Å². The largest absolute Gasteiger partial charge is 0.484 e. The topological polar surface area (TPSA) is 58.6 Å². The summed E-state index contributed by atoms with van der Waals surface area (Å²) in [4.78, 5) is 25.8. The fourth-order valence-electron chi connectivity index (χ4n) is 3.30. The molecule has 2 amide bonds. The van der Waals surface area contributed by atoms with Gasteiger partial charge < -0.3 is 15.0 Å². The van der Waals surface area contributed by atoms with E-state index in [9.17, 15) is 9.59 Å². The number of carbonyl (C=O) groups excluding carboxylic acids is 2. The fourth-order valence-corrected chi connectivity index (χ4v) is 6.14. The number of anilines is 2. The first-order chi connectivity index (χ1) is 13.7. The molecule has 5 nitrogen and oxygen atoms in total. The Balaban J connectivity index is 1.29. The van der Waals surface area contributed by atoms with Crippen LogP contribution in [0.4, 0.5) is 11.4 Å². The van der Waals surface area contributed by atoms with Gasteiger partial charge in [0.25, 0.3) is 5.91 Å². The first kappa shape index (κ1) is 19.2. The van der Waals surface area contributed by atoms with E-state index < -0.39 is 0 Å². The highest BCUT2D eigenvalue weighted by molar-refractivity contribution is 8.19. The van der Waals surface area contributed by atoms with E-state index in [2.05, 4.69) is 11.4 Å². The molecule has 0 aliphatic carbocycles. The number of benzene rings is 2. The lowest BCUT2D eigenvalue weighted by Gasteiger charge is -2.16. The molecule has 2 heterocycles. The number of ether oxygens (including phenoxy) is 1. The summed E-state index contributed by atoms with van der Waals surface area (Å²) in [6, 6.07) is 15.3. The maximum atomic E-state index is 12.2. The lowest BCUT2D eigenvalue weighted by atomic mass is 10.2. The van der Waals surface area contributed by atoms with E-state index in [0.717, 1.165) is 24.3 Å². The van der Waals surface area contributed by atoms with Gasteiger partial charge in [0.1, 0.15) is 5.75 Å². The van der Waals surface area contributed by atoms with Crippen LogP contribution in [-0.4, -0.2) is 36.5 Å². The number of hydrogen-bond donors (Lipinski definition) is 1. The van der Waals surface area contributed by atoms with Gasteiger partial charge in [-0.2, -0.15) is 0 Å². The zero-order chi connectivity index (χ0) is 19.3. The molecule has 0 spiro atoms.